The number of carbonyl (C=O) groups is 1. The molecule has 112 valence electrons. The molecule has 0 saturated carbocycles. The third-order valence-corrected chi connectivity index (χ3v) is 4.60. The first kappa shape index (κ1) is 14.8. The number of thioether (sulfide) groups is 1. The van der Waals surface area contributed by atoms with Crippen molar-refractivity contribution in [2.45, 2.75) is 25.2 Å². The summed E-state index contributed by atoms with van der Waals surface area (Å²) in [5.41, 5.74) is 2.43. The number of hydrogen-bond acceptors (Lipinski definition) is 4. The smallest absolute Gasteiger partial charge is 0.221 e. The molecule has 0 unspecified atom stereocenters. The van der Waals surface area contributed by atoms with Crippen LogP contribution >= 0.6 is 11.8 Å². The fourth-order valence-corrected chi connectivity index (χ4v) is 3.42. The van der Waals surface area contributed by atoms with Crippen molar-refractivity contribution >= 4 is 45.2 Å². The average Bonchev–Trinajstić information content (AvgIpc) is 2.52. The molecule has 0 aliphatic carbocycles. The molecule has 1 amide bonds. The summed E-state index contributed by atoms with van der Waals surface area (Å²) in [4.78, 5) is 12.7. The van der Waals surface area contributed by atoms with Gasteiger partial charge in [0, 0.05) is 22.6 Å². The molecule has 3 rings (SSSR count). The molecule has 0 fully saturated rings. The van der Waals surface area contributed by atoms with Crippen molar-refractivity contribution in [2.24, 2.45) is 0 Å². The Balaban J connectivity index is 2.33. The second kappa shape index (κ2) is 6.32. The molecule has 2 aromatic carbocycles. The number of aromatic nitrogens is 2. The van der Waals surface area contributed by atoms with Crippen molar-refractivity contribution < 1.29 is 4.79 Å². The van der Waals surface area contributed by atoms with E-state index in [4.69, 9.17) is 0 Å². The Morgan fingerprint density at radius 3 is 2.45 bits per heavy atom. The zero-order valence-corrected chi connectivity index (χ0v) is 13.4. The summed E-state index contributed by atoms with van der Waals surface area (Å²) < 4.78 is 0. The monoisotopic (exact) mass is 311 g/mol. The van der Waals surface area contributed by atoms with Gasteiger partial charge in [-0.1, -0.05) is 19.1 Å². The van der Waals surface area contributed by atoms with Gasteiger partial charge in [0.05, 0.1) is 16.7 Å². The van der Waals surface area contributed by atoms with Gasteiger partial charge in [0.15, 0.2) is 0 Å². The van der Waals surface area contributed by atoms with Crippen LogP contribution in [0.1, 0.15) is 20.3 Å². The van der Waals surface area contributed by atoms with E-state index in [1.54, 1.807) is 0 Å². The van der Waals surface area contributed by atoms with Crippen LogP contribution in [0, 0.1) is 0 Å². The summed E-state index contributed by atoms with van der Waals surface area (Å²) >= 11 is 1.81. The average molecular weight is 311 g/mol. The van der Waals surface area contributed by atoms with Gasteiger partial charge in [0.1, 0.15) is 0 Å². The van der Waals surface area contributed by atoms with E-state index in [1.165, 1.54) is 11.8 Å². The van der Waals surface area contributed by atoms with E-state index in [2.05, 4.69) is 28.5 Å². The molecule has 22 heavy (non-hydrogen) atoms. The Morgan fingerprint density at radius 1 is 1.09 bits per heavy atom. The van der Waals surface area contributed by atoms with Gasteiger partial charge in [-0.25, -0.2) is 0 Å². The largest absolute Gasteiger partial charge is 0.326 e. The topological polar surface area (TPSA) is 54.9 Å². The van der Waals surface area contributed by atoms with Gasteiger partial charge in [-0.05, 0) is 36.4 Å². The lowest BCUT2D eigenvalue weighted by atomic mass is 10.1. The molecule has 1 aromatic heterocycles. The number of anilines is 1. The number of nitrogens with zero attached hydrogens (tertiary/aromatic N) is 2. The van der Waals surface area contributed by atoms with Crippen LogP contribution in [-0.4, -0.2) is 21.9 Å². The number of benzene rings is 2. The van der Waals surface area contributed by atoms with E-state index < -0.39 is 0 Å². The van der Waals surface area contributed by atoms with E-state index in [-0.39, 0.29) is 5.91 Å². The first-order chi connectivity index (χ1) is 10.7. The van der Waals surface area contributed by atoms with E-state index >= 15 is 0 Å². The molecular weight excluding hydrogens is 294 g/mol. The van der Waals surface area contributed by atoms with Crippen LogP contribution in [-0.2, 0) is 4.79 Å². The van der Waals surface area contributed by atoms with E-state index in [9.17, 15) is 4.79 Å². The number of carbonyl (C=O) groups excluding carboxylic acids is 1. The Hall–Kier alpha value is -2.14. The molecule has 0 spiro atoms. The van der Waals surface area contributed by atoms with Crippen molar-refractivity contribution in [3.05, 3.63) is 36.4 Å². The summed E-state index contributed by atoms with van der Waals surface area (Å²) in [5.74, 6) is 0.960. The first-order valence-electron chi connectivity index (χ1n) is 7.29. The summed E-state index contributed by atoms with van der Waals surface area (Å²) in [5, 5.41) is 13.5. The van der Waals surface area contributed by atoms with Gasteiger partial charge >= 0.3 is 0 Å². The van der Waals surface area contributed by atoms with Crippen molar-refractivity contribution in [1.82, 2.24) is 10.2 Å². The van der Waals surface area contributed by atoms with E-state index in [0.717, 1.165) is 39.7 Å². The van der Waals surface area contributed by atoms with Gasteiger partial charge in [-0.3, -0.25) is 4.79 Å². The summed E-state index contributed by atoms with van der Waals surface area (Å²) in [6, 6.07) is 11.8. The van der Waals surface area contributed by atoms with E-state index in [1.807, 2.05) is 42.1 Å². The zero-order valence-electron chi connectivity index (χ0n) is 12.6. The predicted octanol–water partition coefficient (Wildman–Crippen LogP) is 4.24. The molecular formula is C17H17N3OS. The number of rotatable bonds is 4. The number of nitrogens with one attached hydrogen (secondary N) is 1. The standard InChI is InChI=1S/C17H17N3OS/c1-3-10-22-15-9-5-8-14-17(15)16-12(18-11(2)21)6-4-7-13(16)19-20-14/h4-9H,3,10H2,1-2H3,(H,18,21). The molecule has 0 atom stereocenters. The number of fused-ring (bicyclic) bond motifs is 3. The quantitative estimate of drug-likeness (QED) is 0.578. The highest BCUT2D eigenvalue weighted by Gasteiger charge is 2.12. The molecule has 0 bridgehead atoms. The van der Waals surface area contributed by atoms with Gasteiger partial charge in [0.25, 0.3) is 0 Å². The van der Waals surface area contributed by atoms with Crippen molar-refractivity contribution in [3.63, 3.8) is 0 Å². The minimum absolute atomic E-state index is 0.0869. The predicted molar refractivity (Wildman–Crippen MR) is 92.4 cm³/mol. The SMILES string of the molecule is CCCSc1cccc2nnc3cccc(NC(C)=O)c3c12. The lowest BCUT2D eigenvalue weighted by Gasteiger charge is -2.11. The summed E-state index contributed by atoms with van der Waals surface area (Å²) in [7, 11) is 0. The van der Waals surface area contributed by atoms with Crippen LogP contribution in [0.15, 0.2) is 41.3 Å². The highest BCUT2D eigenvalue weighted by Crippen LogP contribution is 2.35. The fourth-order valence-electron chi connectivity index (χ4n) is 2.47. The molecule has 1 heterocycles. The van der Waals surface area contributed by atoms with Crippen LogP contribution in [0.2, 0.25) is 0 Å². The van der Waals surface area contributed by atoms with Crippen LogP contribution in [0.4, 0.5) is 5.69 Å². The Morgan fingerprint density at radius 2 is 1.77 bits per heavy atom. The molecule has 0 radical (unpaired) electrons. The molecule has 0 aliphatic heterocycles. The Bertz CT molecular complexity index is 848. The Labute approximate surface area is 133 Å². The fraction of sp³-hybridized carbons (Fsp3) is 0.235. The molecule has 5 heteroatoms. The van der Waals surface area contributed by atoms with Gasteiger partial charge in [0.2, 0.25) is 5.91 Å². The third kappa shape index (κ3) is 2.76. The first-order valence-corrected chi connectivity index (χ1v) is 8.27. The molecule has 0 saturated heterocycles. The minimum atomic E-state index is -0.0869. The number of amides is 1. The summed E-state index contributed by atoms with van der Waals surface area (Å²) in [6.45, 7) is 3.68. The minimum Gasteiger partial charge on any atom is -0.326 e. The van der Waals surface area contributed by atoms with E-state index in [0.29, 0.717) is 0 Å². The maximum absolute atomic E-state index is 11.5. The lowest BCUT2D eigenvalue weighted by molar-refractivity contribution is -0.114. The van der Waals surface area contributed by atoms with Gasteiger partial charge < -0.3 is 5.32 Å². The van der Waals surface area contributed by atoms with Crippen LogP contribution in [0.3, 0.4) is 0 Å². The van der Waals surface area contributed by atoms with Crippen LogP contribution in [0.5, 0.6) is 0 Å². The highest BCUT2D eigenvalue weighted by atomic mass is 32.2. The lowest BCUT2D eigenvalue weighted by Crippen LogP contribution is -2.06. The Kier molecular flexibility index (Phi) is 4.24. The molecule has 3 aromatic rings. The van der Waals surface area contributed by atoms with Crippen molar-refractivity contribution in [3.8, 4) is 0 Å². The summed E-state index contributed by atoms with van der Waals surface area (Å²) in [6.07, 6.45) is 1.11. The number of hydrogen-bond donors (Lipinski definition) is 1. The highest BCUT2D eigenvalue weighted by molar-refractivity contribution is 7.99. The maximum atomic E-state index is 11.5. The second-order valence-corrected chi connectivity index (χ2v) is 6.22. The van der Waals surface area contributed by atoms with Crippen molar-refractivity contribution in [2.75, 3.05) is 11.1 Å². The normalized spacial score (nSPS) is 11.0. The second-order valence-electron chi connectivity index (χ2n) is 5.08. The van der Waals surface area contributed by atoms with Crippen molar-refractivity contribution in [1.29, 1.82) is 0 Å². The van der Waals surface area contributed by atoms with Gasteiger partial charge in [-0.15, -0.1) is 22.0 Å². The van der Waals surface area contributed by atoms with Gasteiger partial charge in [-0.2, -0.15) is 0 Å². The molecule has 1 N–H and O–H groups in total. The third-order valence-electron chi connectivity index (χ3n) is 3.33. The zero-order chi connectivity index (χ0) is 15.5. The van der Waals surface area contributed by atoms with Crippen LogP contribution in [0.25, 0.3) is 21.8 Å². The molecule has 0 aliphatic rings. The van der Waals surface area contributed by atoms with Crippen LogP contribution < -0.4 is 5.32 Å². The maximum Gasteiger partial charge on any atom is 0.221 e. The molecule has 4 nitrogen and oxygen atoms in total.